The summed E-state index contributed by atoms with van der Waals surface area (Å²) < 4.78 is 22.0. The number of rotatable bonds is 5. The van der Waals surface area contributed by atoms with Crippen LogP contribution in [0.2, 0.25) is 10.0 Å². The first-order valence-electron chi connectivity index (χ1n) is 8.07. The summed E-state index contributed by atoms with van der Waals surface area (Å²) in [6.45, 7) is 1.10. The number of aromatic nitrogens is 2. The van der Waals surface area contributed by atoms with Gasteiger partial charge in [-0.3, -0.25) is 0 Å². The lowest BCUT2D eigenvalue weighted by Gasteiger charge is -2.21. The molecule has 0 saturated heterocycles. The largest absolute Gasteiger partial charge is 0.368 e. The molecule has 26 heavy (non-hydrogen) atoms. The Morgan fingerprint density at radius 2 is 2.04 bits per heavy atom. The van der Waals surface area contributed by atoms with Crippen molar-refractivity contribution in [3.8, 4) is 0 Å². The van der Waals surface area contributed by atoms with Gasteiger partial charge in [0.25, 0.3) is 0 Å². The molecule has 0 saturated carbocycles. The quantitative estimate of drug-likeness (QED) is 0.536. The number of halogens is 3. The first-order chi connectivity index (χ1) is 12.6. The van der Waals surface area contributed by atoms with Gasteiger partial charge in [0, 0.05) is 23.8 Å². The van der Waals surface area contributed by atoms with Crippen molar-refractivity contribution in [3.05, 3.63) is 82.1 Å². The molecular formula is C19H15Cl2FN2OS. The van der Waals surface area contributed by atoms with Crippen molar-refractivity contribution in [3.63, 3.8) is 0 Å². The zero-order chi connectivity index (χ0) is 18.1. The number of thioether (sulfide) groups is 1. The SMILES string of the molecule is Fc1ccc2c(c1)[C@@H](OCc1ccc(Cl)c(Cl)c1)[C@@H](Cn1ccnc1)S2. The van der Waals surface area contributed by atoms with Gasteiger partial charge in [0.15, 0.2) is 0 Å². The highest BCUT2D eigenvalue weighted by molar-refractivity contribution is 8.00. The molecule has 0 aliphatic carbocycles. The summed E-state index contributed by atoms with van der Waals surface area (Å²) >= 11 is 13.8. The Morgan fingerprint density at radius 1 is 1.15 bits per heavy atom. The maximum absolute atomic E-state index is 13.8. The number of fused-ring (bicyclic) bond motifs is 1. The molecule has 7 heteroatoms. The summed E-state index contributed by atoms with van der Waals surface area (Å²) in [6.07, 6.45) is 5.22. The monoisotopic (exact) mass is 408 g/mol. The first kappa shape index (κ1) is 17.9. The molecule has 4 rings (SSSR count). The van der Waals surface area contributed by atoms with Gasteiger partial charge in [0.2, 0.25) is 0 Å². The molecule has 0 spiro atoms. The Balaban J connectivity index is 1.56. The van der Waals surface area contributed by atoms with E-state index in [2.05, 4.69) is 4.98 Å². The van der Waals surface area contributed by atoms with Gasteiger partial charge in [-0.15, -0.1) is 11.8 Å². The van der Waals surface area contributed by atoms with Crippen molar-refractivity contribution < 1.29 is 9.13 Å². The molecule has 2 atom stereocenters. The maximum atomic E-state index is 13.8. The average molecular weight is 409 g/mol. The first-order valence-corrected chi connectivity index (χ1v) is 9.71. The lowest BCUT2D eigenvalue weighted by atomic mass is 10.1. The van der Waals surface area contributed by atoms with Crippen molar-refractivity contribution in [2.75, 3.05) is 0 Å². The molecule has 1 aliphatic heterocycles. The fourth-order valence-electron chi connectivity index (χ4n) is 3.02. The molecule has 3 nitrogen and oxygen atoms in total. The molecule has 0 fully saturated rings. The van der Waals surface area contributed by atoms with E-state index >= 15 is 0 Å². The summed E-state index contributed by atoms with van der Waals surface area (Å²) in [5, 5.41) is 1.14. The van der Waals surface area contributed by atoms with Gasteiger partial charge in [0.1, 0.15) is 5.82 Å². The van der Waals surface area contributed by atoms with E-state index in [9.17, 15) is 4.39 Å². The van der Waals surface area contributed by atoms with Crippen molar-refractivity contribution in [1.82, 2.24) is 9.55 Å². The molecule has 2 aromatic carbocycles. The highest BCUT2D eigenvalue weighted by atomic mass is 35.5. The van der Waals surface area contributed by atoms with Gasteiger partial charge >= 0.3 is 0 Å². The van der Waals surface area contributed by atoms with Crippen molar-refractivity contribution >= 4 is 35.0 Å². The molecule has 134 valence electrons. The van der Waals surface area contributed by atoms with Gasteiger partial charge in [0.05, 0.1) is 34.3 Å². The van der Waals surface area contributed by atoms with E-state index in [0.29, 0.717) is 16.7 Å². The summed E-state index contributed by atoms with van der Waals surface area (Å²) in [7, 11) is 0. The van der Waals surface area contributed by atoms with Gasteiger partial charge in [-0.2, -0.15) is 0 Å². The predicted molar refractivity (Wildman–Crippen MR) is 102 cm³/mol. The third kappa shape index (κ3) is 3.76. The van der Waals surface area contributed by atoms with E-state index < -0.39 is 0 Å². The Morgan fingerprint density at radius 3 is 2.81 bits per heavy atom. The van der Waals surface area contributed by atoms with Gasteiger partial charge in [-0.25, -0.2) is 9.37 Å². The Hall–Kier alpha value is -1.53. The van der Waals surface area contributed by atoms with Crippen LogP contribution in [0.3, 0.4) is 0 Å². The summed E-state index contributed by atoms with van der Waals surface area (Å²) in [5.41, 5.74) is 1.82. The highest BCUT2D eigenvalue weighted by Gasteiger charge is 2.34. The van der Waals surface area contributed by atoms with Crippen LogP contribution in [0, 0.1) is 5.82 Å². The number of imidazole rings is 1. The Labute approximate surface area is 165 Å². The van der Waals surface area contributed by atoms with Crippen molar-refractivity contribution in [2.45, 2.75) is 29.4 Å². The van der Waals surface area contributed by atoms with Gasteiger partial charge < -0.3 is 9.30 Å². The van der Waals surface area contributed by atoms with Crippen LogP contribution in [0.15, 0.2) is 60.0 Å². The number of benzene rings is 2. The minimum atomic E-state index is -0.254. The van der Waals surface area contributed by atoms with E-state index in [1.807, 2.05) is 22.9 Å². The van der Waals surface area contributed by atoms with Crippen LogP contribution >= 0.6 is 35.0 Å². The highest BCUT2D eigenvalue weighted by Crippen LogP contribution is 2.47. The second-order valence-corrected chi connectivity index (χ2v) is 8.17. The standard InChI is InChI=1S/C19H15Cl2FN2OS/c20-15-3-1-12(7-16(15)21)10-25-19-14-8-13(22)2-4-17(14)26-18(19)9-24-6-5-23-11-24/h1-8,11,18-19H,9-10H2/t18-,19-/m1/s1. The number of ether oxygens (including phenoxy) is 1. The number of nitrogens with zero attached hydrogens (tertiary/aromatic N) is 2. The van der Waals surface area contributed by atoms with E-state index in [0.717, 1.165) is 22.6 Å². The molecule has 1 aliphatic rings. The third-order valence-electron chi connectivity index (χ3n) is 4.26. The summed E-state index contributed by atoms with van der Waals surface area (Å²) in [5.74, 6) is -0.254. The Bertz CT molecular complexity index is 920. The number of hydrogen-bond donors (Lipinski definition) is 0. The molecule has 0 bridgehead atoms. The fraction of sp³-hybridized carbons (Fsp3) is 0.211. The lowest BCUT2D eigenvalue weighted by Crippen LogP contribution is -2.19. The zero-order valence-electron chi connectivity index (χ0n) is 13.6. The van der Waals surface area contributed by atoms with Crippen molar-refractivity contribution in [1.29, 1.82) is 0 Å². The van der Waals surface area contributed by atoms with Crippen LogP contribution in [0.1, 0.15) is 17.2 Å². The smallest absolute Gasteiger partial charge is 0.123 e. The average Bonchev–Trinajstić information content (AvgIpc) is 3.24. The maximum Gasteiger partial charge on any atom is 0.123 e. The van der Waals surface area contributed by atoms with Crippen molar-refractivity contribution in [2.24, 2.45) is 0 Å². The normalized spacial score (nSPS) is 18.9. The van der Waals surface area contributed by atoms with Gasteiger partial charge in [-0.05, 0) is 41.5 Å². The molecule has 1 aromatic heterocycles. The minimum absolute atomic E-state index is 0.128. The van der Waals surface area contributed by atoms with E-state index in [1.54, 1.807) is 42.5 Å². The second-order valence-electron chi connectivity index (χ2n) is 6.08. The topological polar surface area (TPSA) is 27.1 Å². The summed E-state index contributed by atoms with van der Waals surface area (Å²) in [4.78, 5) is 5.14. The molecule has 2 heterocycles. The van der Waals surface area contributed by atoms with E-state index in [-0.39, 0.29) is 17.2 Å². The van der Waals surface area contributed by atoms with Gasteiger partial charge in [-0.1, -0.05) is 29.3 Å². The third-order valence-corrected chi connectivity index (χ3v) is 6.32. The van der Waals surface area contributed by atoms with Crippen LogP contribution in [0.4, 0.5) is 4.39 Å². The van der Waals surface area contributed by atoms with Crippen LogP contribution < -0.4 is 0 Å². The number of hydrogen-bond acceptors (Lipinski definition) is 3. The molecule has 0 N–H and O–H groups in total. The van der Waals surface area contributed by atoms with Crippen LogP contribution in [0.5, 0.6) is 0 Å². The van der Waals surface area contributed by atoms with Crippen LogP contribution in [0.25, 0.3) is 0 Å². The molecule has 3 aromatic rings. The van der Waals surface area contributed by atoms with Crippen LogP contribution in [-0.2, 0) is 17.9 Å². The molecular weight excluding hydrogens is 394 g/mol. The molecule has 0 unspecified atom stereocenters. The predicted octanol–water partition coefficient (Wildman–Crippen LogP) is 5.76. The van der Waals surface area contributed by atoms with Crippen LogP contribution in [-0.4, -0.2) is 14.8 Å². The molecule has 0 amide bonds. The second kappa shape index (κ2) is 7.61. The van der Waals surface area contributed by atoms with E-state index in [4.69, 9.17) is 27.9 Å². The minimum Gasteiger partial charge on any atom is -0.368 e. The Kier molecular flexibility index (Phi) is 5.23. The summed E-state index contributed by atoms with van der Waals surface area (Å²) in [6, 6.07) is 10.3. The fourth-order valence-corrected chi connectivity index (χ4v) is 4.72. The zero-order valence-corrected chi connectivity index (χ0v) is 15.9. The van der Waals surface area contributed by atoms with E-state index in [1.165, 1.54) is 6.07 Å². The lowest BCUT2D eigenvalue weighted by molar-refractivity contribution is 0.0365. The molecule has 0 radical (unpaired) electrons.